The summed E-state index contributed by atoms with van der Waals surface area (Å²) >= 11 is 0. The Kier molecular flexibility index (Phi) is 6.46. The second kappa shape index (κ2) is 8.14. The van der Waals surface area contributed by atoms with E-state index in [9.17, 15) is 8.42 Å². The van der Waals surface area contributed by atoms with E-state index in [-0.39, 0.29) is 6.04 Å². The Labute approximate surface area is 138 Å². The van der Waals surface area contributed by atoms with Gasteiger partial charge in [-0.05, 0) is 19.8 Å². The van der Waals surface area contributed by atoms with Crippen molar-refractivity contribution in [2.24, 2.45) is 0 Å². The van der Waals surface area contributed by atoms with Crippen LogP contribution in [0.25, 0.3) is 0 Å². The van der Waals surface area contributed by atoms with Gasteiger partial charge in [-0.2, -0.15) is 17.0 Å². The predicted octanol–water partition coefficient (Wildman–Crippen LogP) is 1.01. The highest BCUT2D eigenvalue weighted by Gasteiger charge is 2.35. The molecule has 1 aromatic heterocycles. The molecule has 7 nitrogen and oxygen atoms in total. The molecule has 0 radical (unpaired) electrons. The number of aromatic nitrogens is 2. The first-order valence-corrected chi connectivity index (χ1v) is 9.51. The first-order chi connectivity index (χ1) is 11.0. The molecule has 0 bridgehead atoms. The lowest BCUT2D eigenvalue weighted by atomic mass is 10.1. The Morgan fingerprint density at radius 3 is 2.65 bits per heavy atom. The zero-order valence-corrected chi connectivity index (χ0v) is 14.9. The van der Waals surface area contributed by atoms with Crippen molar-refractivity contribution in [3.63, 3.8) is 0 Å². The fourth-order valence-electron chi connectivity index (χ4n) is 2.85. The topological polar surface area (TPSA) is 75.6 Å². The first kappa shape index (κ1) is 18.3. The van der Waals surface area contributed by atoms with Crippen LogP contribution >= 0.6 is 0 Å². The van der Waals surface area contributed by atoms with Crippen LogP contribution in [0.1, 0.15) is 31.7 Å². The maximum atomic E-state index is 12.8. The number of aryl methyl sites for hydroxylation is 2. The Morgan fingerprint density at radius 2 is 2.00 bits per heavy atom. The summed E-state index contributed by atoms with van der Waals surface area (Å²) in [6.45, 7) is 7.88. The Balaban J connectivity index is 2.11. The van der Waals surface area contributed by atoms with Crippen LogP contribution in [0.15, 0.2) is 12.4 Å². The van der Waals surface area contributed by atoms with Gasteiger partial charge in [0.25, 0.3) is 10.2 Å². The van der Waals surface area contributed by atoms with Gasteiger partial charge in [0.15, 0.2) is 0 Å². The van der Waals surface area contributed by atoms with Crippen LogP contribution in [-0.4, -0.2) is 65.9 Å². The third-order valence-corrected chi connectivity index (χ3v) is 6.44. The van der Waals surface area contributed by atoms with E-state index in [1.807, 2.05) is 20.8 Å². The number of rotatable bonds is 7. The Morgan fingerprint density at radius 1 is 1.30 bits per heavy atom. The molecule has 23 heavy (non-hydrogen) atoms. The van der Waals surface area contributed by atoms with E-state index in [0.717, 1.165) is 11.4 Å². The summed E-state index contributed by atoms with van der Waals surface area (Å²) in [4.78, 5) is 8.57. The van der Waals surface area contributed by atoms with Gasteiger partial charge < -0.3 is 4.74 Å². The third-order valence-electron chi connectivity index (χ3n) is 4.20. The zero-order valence-electron chi connectivity index (χ0n) is 14.1. The molecule has 1 saturated heterocycles. The molecule has 0 spiro atoms. The quantitative estimate of drug-likeness (QED) is 0.739. The van der Waals surface area contributed by atoms with Gasteiger partial charge in [0, 0.05) is 38.1 Å². The summed E-state index contributed by atoms with van der Waals surface area (Å²) in [6, 6.07) is -0.157. The second-order valence-electron chi connectivity index (χ2n) is 5.56. The predicted molar refractivity (Wildman–Crippen MR) is 88.2 cm³/mol. The van der Waals surface area contributed by atoms with Crippen molar-refractivity contribution in [3.05, 3.63) is 23.8 Å². The molecule has 1 aliphatic heterocycles. The number of hydrogen-bond acceptors (Lipinski definition) is 5. The number of ether oxygens (including phenoxy) is 1. The van der Waals surface area contributed by atoms with E-state index in [1.165, 1.54) is 4.31 Å². The summed E-state index contributed by atoms with van der Waals surface area (Å²) in [7, 11) is -3.44. The summed E-state index contributed by atoms with van der Waals surface area (Å²) in [5.74, 6) is 0. The standard InChI is InChI=1S/C15H26N4O3S/c1-4-18(5-2)23(20,21)19-10-11-22-12-14(19)6-7-15-13(3)16-8-9-17-15/h8-9,14H,4-7,10-12H2,1-3H3. The molecule has 8 heteroatoms. The lowest BCUT2D eigenvalue weighted by molar-refractivity contribution is 0.0270. The van der Waals surface area contributed by atoms with Gasteiger partial charge >= 0.3 is 0 Å². The van der Waals surface area contributed by atoms with Crippen LogP contribution in [0.5, 0.6) is 0 Å². The smallest absolute Gasteiger partial charge is 0.282 e. The highest BCUT2D eigenvalue weighted by Crippen LogP contribution is 2.20. The summed E-state index contributed by atoms with van der Waals surface area (Å²) in [5, 5.41) is 0. The highest BCUT2D eigenvalue weighted by atomic mass is 32.2. The van der Waals surface area contributed by atoms with E-state index < -0.39 is 10.2 Å². The SMILES string of the molecule is CCN(CC)S(=O)(=O)N1CCOCC1CCc1nccnc1C. The molecule has 1 atom stereocenters. The van der Waals surface area contributed by atoms with E-state index in [1.54, 1.807) is 16.7 Å². The molecule has 1 fully saturated rings. The van der Waals surface area contributed by atoms with Crippen LogP contribution in [0, 0.1) is 6.92 Å². The number of hydrogen-bond donors (Lipinski definition) is 0. The van der Waals surface area contributed by atoms with Crippen LogP contribution in [-0.2, 0) is 21.4 Å². The van der Waals surface area contributed by atoms with Gasteiger partial charge in [0.05, 0.1) is 24.6 Å². The summed E-state index contributed by atoms with van der Waals surface area (Å²) in [5.41, 5.74) is 1.81. The van der Waals surface area contributed by atoms with Crippen LogP contribution < -0.4 is 0 Å². The Bertz CT molecular complexity index is 604. The van der Waals surface area contributed by atoms with Crippen LogP contribution in [0.2, 0.25) is 0 Å². The van der Waals surface area contributed by atoms with Crippen LogP contribution in [0.3, 0.4) is 0 Å². The normalized spacial score (nSPS) is 20.1. The number of nitrogens with zero attached hydrogens (tertiary/aromatic N) is 4. The third kappa shape index (κ3) is 4.26. The molecule has 2 rings (SSSR count). The molecular weight excluding hydrogens is 316 g/mol. The minimum absolute atomic E-state index is 0.157. The minimum atomic E-state index is -3.44. The first-order valence-electron chi connectivity index (χ1n) is 8.11. The monoisotopic (exact) mass is 342 g/mol. The maximum absolute atomic E-state index is 12.8. The molecular formula is C15H26N4O3S. The Hall–Kier alpha value is -1.09. The molecule has 0 saturated carbocycles. The van der Waals surface area contributed by atoms with Gasteiger partial charge in [0.2, 0.25) is 0 Å². The highest BCUT2D eigenvalue weighted by molar-refractivity contribution is 7.86. The fourth-order valence-corrected chi connectivity index (χ4v) is 4.65. The van der Waals surface area contributed by atoms with E-state index in [2.05, 4.69) is 9.97 Å². The van der Waals surface area contributed by atoms with E-state index >= 15 is 0 Å². The van der Waals surface area contributed by atoms with E-state index in [0.29, 0.717) is 45.7 Å². The van der Waals surface area contributed by atoms with Crippen molar-refractivity contribution in [1.29, 1.82) is 0 Å². The van der Waals surface area contributed by atoms with Crippen molar-refractivity contribution in [1.82, 2.24) is 18.6 Å². The summed E-state index contributed by atoms with van der Waals surface area (Å²) < 4.78 is 34.2. The van der Waals surface area contributed by atoms with E-state index in [4.69, 9.17) is 4.74 Å². The van der Waals surface area contributed by atoms with Crippen LogP contribution in [0.4, 0.5) is 0 Å². The van der Waals surface area contributed by atoms with Gasteiger partial charge in [-0.15, -0.1) is 0 Å². The van der Waals surface area contributed by atoms with Gasteiger partial charge in [0.1, 0.15) is 0 Å². The molecule has 0 amide bonds. The number of morpholine rings is 1. The van der Waals surface area contributed by atoms with Crippen molar-refractivity contribution < 1.29 is 13.2 Å². The lowest BCUT2D eigenvalue weighted by Crippen LogP contribution is -2.54. The average molecular weight is 342 g/mol. The molecule has 130 valence electrons. The fraction of sp³-hybridized carbons (Fsp3) is 0.733. The van der Waals surface area contributed by atoms with Crippen molar-refractivity contribution in [3.8, 4) is 0 Å². The van der Waals surface area contributed by atoms with Gasteiger partial charge in [-0.3, -0.25) is 9.97 Å². The maximum Gasteiger partial charge on any atom is 0.282 e. The van der Waals surface area contributed by atoms with Crippen molar-refractivity contribution in [2.75, 3.05) is 32.8 Å². The molecule has 0 aromatic carbocycles. The largest absolute Gasteiger partial charge is 0.378 e. The molecule has 0 N–H and O–H groups in total. The molecule has 1 aromatic rings. The second-order valence-corrected chi connectivity index (χ2v) is 7.44. The van der Waals surface area contributed by atoms with Crippen molar-refractivity contribution in [2.45, 2.75) is 39.7 Å². The molecule has 1 aliphatic rings. The average Bonchev–Trinajstić information content (AvgIpc) is 2.55. The molecule has 0 aliphatic carbocycles. The molecule has 1 unspecified atom stereocenters. The van der Waals surface area contributed by atoms with Gasteiger partial charge in [-0.25, -0.2) is 0 Å². The molecule has 2 heterocycles. The lowest BCUT2D eigenvalue weighted by Gasteiger charge is -2.37. The summed E-state index contributed by atoms with van der Waals surface area (Å²) in [6.07, 6.45) is 4.71. The minimum Gasteiger partial charge on any atom is -0.378 e. The zero-order chi connectivity index (χ0) is 16.9. The van der Waals surface area contributed by atoms with Gasteiger partial charge in [-0.1, -0.05) is 13.8 Å². The van der Waals surface area contributed by atoms with Crippen molar-refractivity contribution >= 4 is 10.2 Å².